The van der Waals surface area contributed by atoms with E-state index in [1.165, 1.54) is 29.9 Å². The molecule has 4 nitrogen and oxygen atoms in total. The lowest BCUT2D eigenvalue weighted by Gasteiger charge is -2.13. The molecule has 5 heteroatoms. The molecule has 1 fully saturated rings. The number of hydrogen-bond donors (Lipinski definition) is 1. The van der Waals surface area contributed by atoms with Gasteiger partial charge in [0.25, 0.3) is 0 Å². The highest BCUT2D eigenvalue weighted by Gasteiger charge is 2.27. The summed E-state index contributed by atoms with van der Waals surface area (Å²) in [5.74, 6) is 1.70. The number of ether oxygens (including phenoxy) is 1. The van der Waals surface area contributed by atoms with E-state index in [1.807, 2.05) is 0 Å². The van der Waals surface area contributed by atoms with Gasteiger partial charge in [0.15, 0.2) is 0 Å². The minimum atomic E-state index is 0.653. The van der Waals surface area contributed by atoms with Gasteiger partial charge in [-0.2, -0.15) is 4.37 Å². The quantitative estimate of drug-likeness (QED) is 0.817. The summed E-state index contributed by atoms with van der Waals surface area (Å²) in [5.41, 5.74) is 1.50. The van der Waals surface area contributed by atoms with Gasteiger partial charge in [-0.05, 0) is 25.7 Å². The van der Waals surface area contributed by atoms with Crippen LogP contribution >= 0.6 is 11.5 Å². The molecule has 3 rings (SSSR count). The summed E-state index contributed by atoms with van der Waals surface area (Å²) in [5, 5.41) is 4.33. The molecule has 1 saturated carbocycles. The molecule has 0 unspecified atom stereocenters. The first-order valence-corrected chi connectivity index (χ1v) is 7.02. The van der Waals surface area contributed by atoms with Crippen LogP contribution in [0.5, 0.6) is 0 Å². The van der Waals surface area contributed by atoms with Crippen molar-refractivity contribution < 1.29 is 4.74 Å². The van der Waals surface area contributed by atoms with Crippen LogP contribution in [0.1, 0.15) is 37.4 Å². The van der Waals surface area contributed by atoms with Gasteiger partial charge in [0.2, 0.25) is 5.13 Å². The summed E-state index contributed by atoms with van der Waals surface area (Å²) in [4.78, 5) is 4.51. The SMILES string of the molecule is C1=C(CCNc2nc(C3CC3)ns2)CCOC1. The Labute approximate surface area is 105 Å². The number of rotatable bonds is 5. The minimum absolute atomic E-state index is 0.653. The van der Waals surface area contributed by atoms with Crippen molar-refractivity contribution in [2.24, 2.45) is 0 Å². The van der Waals surface area contributed by atoms with E-state index in [9.17, 15) is 0 Å². The summed E-state index contributed by atoms with van der Waals surface area (Å²) < 4.78 is 9.66. The van der Waals surface area contributed by atoms with Crippen molar-refractivity contribution in [1.29, 1.82) is 0 Å². The Bertz CT molecular complexity index is 412. The Morgan fingerprint density at radius 1 is 1.47 bits per heavy atom. The average molecular weight is 251 g/mol. The fourth-order valence-corrected chi connectivity index (χ4v) is 2.61. The smallest absolute Gasteiger partial charge is 0.202 e. The maximum atomic E-state index is 5.28. The summed E-state index contributed by atoms with van der Waals surface area (Å²) in [7, 11) is 0. The molecule has 0 saturated heterocycles. The largest absolute Gasteiger partial charge is 0.377 e. The van der Waals surface area contributed by atoms with Gasteiger partial charge >= 0.3 is 0 Å². The zero-order chi connectivity index (χ0) is 11.5. The van der Waals surface area contributed by atoms with Crippen LogP contribution in [-0.2, 0) is 4.74 Å². The van der Waals surface area contributed by atoms with Crippen LogP contribution in [0.15, 0.2) is 11.6 Å². The zero-order valence-electron chi connectivity index (χ0n) is 9.82. The van der Waals surface area contributed by atoms with Crippen molar-refractivity contribution in [3.63, 3.8) is 0 Å². The molecule has 0 aromatic carbocycles. The summed E-state index contributed by atoms with van der Waals surface area (Å²) in [6, 6.07) is 0. The van der Waals surface area contributed by atoms with E-state index in [-0.39, 0.29) is 0 Å². The van der Waals surface area contributed by atoms with Gasteiger partial charge in [0.05, 0.1) is 13.2 Å². The number of nitrogens with zero attached hydrogens (tertiary/aromatic N) is 2. The van der Waals surface area contributed by atoms with Crippen LogP contribution in [0, 0.1) is 0 Å². The lowest BCUT2D eigenvalue weighted by atomic mass is 10.1. The highest BCUT2D eigenvalue weighted by molar-refractivity contribution is 7.09. The first-order chi connectivity index (χ1) is 8.42. The minimum Gasteiger partial charge on any atom is -0.377 e. The molecular formula is C12H17N3OS. The van der Waals surface area contributed by atoms with Crippen LogP contribution in [0.2, 0.25) is 0 Å². The van der Waals surface area contributed by atoms with Gasteiger partial charge in [-0.15, -0.1) is 0 Å². The molecule has 2 heterocycles. The second-order valence-electron chi connectivity index (χ2n) is 4.60. The van der Waals surface area contributed by atoms with Gasteiger partial charge in [0, 0.05) is 24.0 Å². The van der Waals surface area contributed by atoms with Gasteiger partial charge in [-0.25, -0.2) is 4.98 Å². The first kappa shape index (κ1) is 11.2. The molecule has 92 valence electrons. The highest BCUT2D eigenvalue weighted by Crippen LogP contribution is 2.39. The summed E-state index contributed by atoms with van der Waals surface area (Å²) in [6.45, 7) is 2.60. The Hall–Kier alpha value is -0.940. The van der Waals surface area contributed by atoms with Crippen LogP contribution in [0.25, 0.3) is 0 Å². The Morgan fingerprint density at radius 3 is 3.18 bits per heavy atom. The van der Waals surface area contributed by atoms with Crippen LogP contribution in [-0.4, -0.2) is 29.1 Å². The molecule has 0 atom stereocenters. The van der Waals surface area contributed by atoms with E-state index in [0.717, 1.165) is 43.6 Å². The molecule has 1 aliphatic carbocycles. The third-order valence-corrected chi connectivity index (χ3v) is 3.85. The van der Waals surface area contributed by atoms with Gasteiger partial charge in [-0.1, -0.05) is 11.6 Å². The Morgan fingerprint density at radius 2 is 2.41 bits per heavy atom. The molecule has 1 aliphatic heterocycles. The Balaban J connectivity index is 1.45. The molecule has 0 amide bonds. The maximum Gasteiger partial charge on any atom is 0.202 e. The lowest BCUT2D eigenvalue weighted by molar-refractivity contribution is 0.153. The van der Waals surface area contributed by atoms with E-state index in [1.54, 1.807) is 0 Å². The second-order valence-corrected chi connectivity index (χ2v) is 5.35. The lowest BCUT2D eigenvalue weighted by Crippen LogP contribution is -2.08. The molecule has 1 aromatic rings. The fourth-order valence-electron chi connectivity index (χ4n) is 1.94. The number of anilines is 1. The highest BCUT2D eigenvalue weighted by atomic mass is 32.1. The monoisotopic (exact) mass is 251 g/mol. The molecular weight excluding hydrogens is 234 g/mol. The van der Waals surface area contributed by atoms with Crippen LogP contribution in [0.4, 0.5) is 5.13 Å². The van der Waals surface area contributed by atoms with E-state index in [2.05, 4.69) is 20.8 Å². The van der Waals surface area contributed by atoms with Gasteiger partial charge < -0.3 is 10.1 Å². The van der Waals surface area contributed by atoms with Crippen molar-refractivity contribution in [2.75, 3.05) is 25.1 Å². The van der Waals surface area contributed by atoms with Crippen molar-refractivity contribution >= 4 is 16.7 Å². The number of nitrogens with one attached hydrogen (secondary N) is 1. The van der Waals surface area contributed by atoms with Crippen molar-refractivity contribution in [1.82, 2.24) is 9.36 Å². The number of aromatic nitrogens is 2. The van der Waals surface area contributed by atoms with Crippen molar-refractivity contribution in [3.05, 3.63) is 17.5 Å². The van der Waals surface area contributed by atoms with E-state index < -0.39 is 0 Å². The Kier molecular flexibility index (Phi) is 3.38. The fraction of sp³-hybridized carbons (Fsp3) is 0.667. The summed E-state index contributed by atoms with van der Waals surface area (Å²) in [6.07, 6.45) is 6.89. The number of hydrogen-bond acceptors (Lipinski definition) is 5. The predicted molar refractivity (Wildman–Crippen MR) is 68.5 cm³/mol. The molecule has 0 radical (unpaired) electrons. The van der Waals surface area contributed by atoms with Crippen LogP contribution in [0.3, 0.4) is 0 Å². The molecule has 0 bridgehead atoms. The average Bonchev–Trinajstić information content (AvgIpc) is 3.11. The predicted octanol–water partition coefficient (Wildman–Crippen LogP) is 2.56. The maximum absolute atomic E-state index is 5.28. The summed E-state index contributed by atoms with van der Waals surface area (Å²) >= 11 is 1.49. The van der Waals surface area contributed by atoms with Crippen molar-refractivity contribution in [3.8, 4) is 0 Å². The standard InChI is InChI=1S/C12H17N3OS/c1-2-10(1)11-14-12(17-15-11)13-6-3-9-4-7-16-8-5-9/h4,10H,1-3,5-8H2,(H,13,14,15). The molecule has 0 spiro atoms. The van der Waals surface area contributed by atoms with E-state index in [0.29, 0.717) is 5.92 Å². The molecule has 2 aliphatic rings. The van der Waals surface area contributed by atoms with E-state index >= 15 is 0 Å². The van der Waals surface area contributed by atoms with Gasteiger partial charge in [-0.3, -0.25) is 0 Å². The first-order valence-electron chi connectivity index (χ1n) is 6.25. The van der Waals surface area contributed by atoms with Crippen molar-refractivity contribution in [2.45, 2.75) is 31.6 Å². The topological polar surface area (TPSA) is 47.0 Å². The normalized spacial score (nSPS) is 20.1. The third kappa shape index (κ3) is 3.04. The third-order valence-electron chi connectivity index (χ3n) is 3.16. The second kappa shape index (κ2) is 5.14. The zero-order valence-corrected chi connectivity index (χ0v) is 10.6. The molecule has 1 aromatic heterocycles. The molecule has 17 heavy (non-hydrogen) atoms. The molecule has 1 N–H and O–H groups in total. The van der Waals surface area contributed by atoms with Crippen LogP contribution < -0.4 is 5.32 Å². The van der Waals surface area contributed by atoms with Gasteiger partial charge in [0.1, 0.15) is 5.82 Å². The van der Waals surface area contributed by atoms with E-state index in [4.69, 9.17) is 4.74 Å².